The number of para-hydroxylation sites is 2. The van der Waals surface area contributed by atoms with Crippen molar-refractivity contribution in [3.05, 3.63) is 227 Å². The molecule has 0 unspecified atom stereocenters. The zero-order valence-corrected chi connectivity index (χ0v) is 33.8. The third-order valence-corrected chi connectivity index (χ3v) is 13.5. The van der Waals surface area contributed by atoms with Crippen molar-refractivity contribution < 1.29 is 0 Å². The topological polar surface area (TPSA) is 49.6 Å². The van der Waals surface area contributed by atoms with Crippen LogP contribution in [-0.4, -0.2) is 16.2 Å². The fraction of sp³-hybridized carbons (Fsp3) is 0.0862. The van der Waals surface area contributed by atoms with Gasteiger partial charge in [0.15, 0.2) is 0 Å². The summed E-state index contributed by atoms with van der Waals surface area (Å²) >= 11 is 0. The van der Waals surface area contributed by atoms with E-state index in [4.69, 9.17) is 15.4 Å². The van der Waals surface area contributed by atoms with E-state index in [1.54, 1.807) is 6.08 Å². The smallest absolute Gasteiger partial charge is 0.0969 e. The SMILES string of the molecule is C=C(/C=C\C=N)c1c2c(c(C3=CC=C(c4nc5ccccc5nc4-c4ccc5c(c4)C4(c6ccccc6-c6ccccc64)c4ccccc4-5)CC3)c3ccccc13)C=CCC2. The molecule has 0 fully saturated rings. The summed E-state index contributed by atoms with van der Waals surface area (Å²) < 4.78 is 0. The highest BCUT2D eigenvalue weighted by molar-refractivity contribution is 6.07. The average molecular weight is 780 g/mol. The first-order chi connectivity index (χ1) is 30.1. The Labute approximate surface area is 356 Å². The minimum absolute atomic E-state index is 0.435. The van der Waals surface area contributed by atoms with Gasteiger partial charge in [0, 0.05) is 11.8 Å². The van der Waals surface area contributed by atoms with Gasteiger partial charge in [-0.2, -0.15) is 0 Å². The molecule has 0 amide bonds. The molecule has 8 aromatic rings. The van der Waals surface area contributed by atoms with Crippen molar-refractivity contribution in [2.24, 2.45) is 0 Å². The van der Waals surface area contributed by atoms with Crippen molar-refractivity contribution >= 4 is 50.8 Å². The number of rotatable bonds is 6. The third-order valence-electron chi connectivity index (χ3n) is 13.5. The van der Waals surface area contributed by atoms with Crippen LogP contribution in [-0.2, 0) is 11.8 Å². The number of allylic oxidation sites excluding steroid dienone is 8. The molecule has 0 aliphatic heterocycles. The fourth-order valence-corrected chi connectivity index (χ4v) is 11.1. The van der Waals surface area contributed by atoms with E-state index < -0.39 is 5.41 Å². The predicted octanol–water partition coefficient (Wildman–Crippen LogP) is 14.2. The molecule has 4 aliphatic rings. The second-order valence-electron chi connectivity index (χ2n) is 16.6. The monoisotopic (exact) mass is 779 g/mol. The lowest BCUT2D eigenvalue weighted by Crippen LogP contribution is -2.25. The van der Waals surface area contributed by atoms with Crippen molar-refractivity contribution in [2.75, 3.05) is 0 Å². The lowest BCUT2D eigenvalue weighted by molar-refractivity contribution is 0.794. The van der Waals surface area contributed by atoms with E-state index in [9.17, 15) is 0 Å². The van der Waals surface area contributed by atoms with Gasteiger partial charge in [0.2, 0.25) is 0 Å². The molecule has 0 radical (unpaired) electrons. The number of aromatic nitrogens is 2. The van der Waals surface area contributed by atoms with Gasteiger partial charge in [-0.05, 0) is 144 Å². The lowest BCUT2D eigenvalue weighted by Gasteiger charge is -2.30. The number of nitrogens with zero attached hydrogens (tertiary/aromatic N) is 2. The summed E-state index contributed by atoms with van der Waals surface area (Å²) in [5.41, 5.74) is 23.4. The molecule has 0 saturated heterocycles. The summed E-state index contributed by atoms with van der Waals surface area (Å²) in [7, 11) is 0. The van der Waals surface area contributed by atoms with Gasteiger partial charge in [-0.3, -0.25) is 0 Å². The van der Waals surface area contributed by atoms with Crippen LogP contribution < -0.4 is 0 Å². The Morgan fingerprint density at radius 1 is 0.590 bits per heavy atom. The van der Waals surface area contributed by atoms with Crippen LogP contribution in [0.4, 0.5) is 0 Å². The van der Waals surface area contributed by atoms with Gasteiger partial charge in [-0.25, -0.2) is 9.97 Å². The van der Waals surface area contributed by atoms with Crippen molar-refractivity contribution in [1.29, 1.82) is 5.41 Å². The Hall–Kier alpha value is -7.49. The first-order valence-electron chi connectivity index (χ1n) is 21.4. The molecule has 61 heavy (non-hydrogen) atoms. The van der Waals surface area contributed by atoms with Crippen molar-refractivity contribution in [3.63, 3.8) is 0 Å². The number of hydrogen-bond acceptors (Lipinski definition) is 3. The average Bonchev–Trinajstić information content (AvgIpc) is 3.79. The van der Waals surface area contributed by atoms with E-state index in [1.807, 2.05) is 6.08 Å². The second kappa shape index (κ2) is 13.8. The van der Waals surface area contributed by atoms with E-state index in [1.165, 1.54) is 94.9 Å². The molecule has 1 N–H and O–H groups in total. The minimum Gasteiger partial charge on any atom is -0.309 e. The Morgan fingerprint density at radius 2 is 1.16 bits per heavy atom. The summed E-state index contributed by atoms with van der Waals surface area (Å²) in [6.45, 7) is 4.48. The number of benzene rings is 7. The molecule has 1 aromatic heterocycles. The Kier molecular flexibility index (Phi) is 8.02. The van der Waals surface area contributed by atoms with Crippen LogP contribution >= 0.6 is 0 Å². The summed E-state index contributed by atoms with van der Waals surface area (Å²) in [5.74, 6) is 0. The van der Waals surface area contributed by atoms with Gasteiger partial charge in [0.05, 0.1) is 27.8 Å². The van der Waals surface area contributed by atoms with Crippen molar-refractivity contribution in [2.45, 2.75) is 31.1 Å². The molecular formula is C58H41N3. The van der Waals surface area contributed by atoms with Gasteiger partial charge < -0.3 is 5.41 Å². The molecular weight excluding hydrogens is 739 g/mol. The molecule has 0 saturated carbocycles. The highest BCUT2D eigenvalue weighted by atomic mass is 14.8. The van der Waals surface area contributed by atoms with E-state index in [0.29, 0.717) is 0 Å². The van der Waals surface area contributed by atoms with E-state index in [0.717, 1.165) is 59.2 Å². The maximum atomic E-state index is 7.61. The molecule has 0 atom stereocenters. The Balaban J connectivity index is 1.04. The zero-order valence-electron chi connectivity index (χ0n) is 33.8. The van der Waals surface area contributed by atoms with E-state index >= 15 is 0 Å². The molecule has 7 aromatic carbocycles. The molecule has 1 heterocycles. The van der Waals surface area contributed by atoms with Crippen LogP contribution in [0.15, 0.2) is 176 Å². The van der Waals surface area contributed by atoms with Crippen LogP contribution in [0.25, 0.3) is 78.1 Å². The number of fused-ring (bicyclic) bond motifs is 13. The second-order valence-corrected chi connectivity index (χ2v) is 16.6. The lowest BCUT2D eigenvalue weighted by atomic mass is 9.70. The summed E-state index contributed by atoms with van der Waals surface area (Å²) in [4.78, 5) is 10.9. The largest absolute Gasteiger partial charge is 0.309 e. The summed E-state index contributed by atoms with van der Waals surface area (Å²) in [6, 6.07) is 51.0. The Bertz CT molecular complexity index is 3290. The zero-order chi connectivity index (χ0) is 40.7. The van der Waals surface area contributed by atoms with Crippen molar-refractivity contribution in [3.8, 4) is 33.5 Å². The minimum atomic E-state index is -0.435. The summed E-state index contributed by atoms with van der Waals surface area (Å²) in [6.07, 6.45) is 18.0. The summed E-state index contributed by atoms with van der Waals surface area (Å²) in [5, 5.41) is 10.1. The maximum Gasteiger partial charge on any atom is 0.0969 e. The van der Waals surface area contributed by atoms with Gasteiger partial charge >= 0.3 is 0 Å². The fourth-order valence-electron chi connectivity index (χ4n) is 11.1. The van der Waals surface area contributed by atoms with Crippen LogP contribution in [0.5, 0.6) is 0 Å². The van der Waals surface area contributed by atoms with Crippen LogP contribution in [0, 0.1) is 5.41 Å². The maximum absolute atomic E-state index is 7.61. The predicted molar refractivity (Wildman–Crippen MR) is 255 cm³/mol. The molecule has 0 bridgehead atoms. The van der Waals surface area contributed by atoms with Crippen LogP contribution in [0.1, 0.15) is 69.5 Å². The number of hydrogen-bond donors (Lipinski definition) is 1. The first kappa shape index (κ1) is 35.5. The Morgan fingerprint density at radius 3 is 1.82 bits per heavy atom. The highest BCUT2D eigenvalue weighted by Gasteiger charge is 2.51. The molecule has 4 aliphatic carbocycles. The van der Waals surface area contributed by atoms with E-state index in [-0.39, 0.29) is 0 Å². The van der Waals surface area contributed by atoms with Crippen LogP contribution in [0.2, 0.25) is 0 Å². The van der Waals surface area contributed by atoms with Gasteiger partial charge in [0.25, 0.3) is 0 Å². The van der Waals surface area contributed by atoms with Crippen LogP contribution in [0.3, 0.4) is 0 Å². The quantitative estimate of drug-likeness (QED) is 0.135. The standard InChI is InChI=1S/C58H41N3/c1-36(15-14-34-59)54-44-19-2-4-21-46(44)55(47-22-5-3-20-45(47)54)37-28-30-38(31-29-37)56-57(61-53-27-13-12-26-52(53)60-56)39-32-33-43-42-18-8-11-25-50(42)58(51(43)35-39)48-23-9-6-16-40(48)41-17-7-10-24-49(41)58/h2,4-19,21-28,30,32-35,59H,1,3,20,29,31H2/b15-14-,59-34?. The normalized spacial score (nSPS) is 15.3. The van der Waals surface area contributed by atoms with E-state index in [2.05, 4.69) is 170 Å². The molecule has 3 heteroatoms. The molecule has 12 rings (SSSR count). The molecule has 288 valence electrons. The highest BCUT2D eigenvalue weighted by Crippen LogP contribution is 2.63. The van der Waals surface area contributed by atoms with Gasteiger partial charge in [-0.1, -0.05) is 158 Å². The first-order valence-corrected chi connectivity index (χ1v) is 21.4. The van der Waals surface area contributed by atoms with Gasteiger partial charge in [-0.15, -0.1) is 0 Å². The molecule has 1 spiro atoms. The van der Waals surface area contributed by atoms with Crippen molar-refractivity contribution in [1.82, 2.24) is 9.97 Å². The number of nitrogens with one attached hydrogen (secondary N) is 1. The van der Waals surface area contributed by atoms with Gasteiger partial charge in [0.1, 0.15) is 0 Å². The molecule has 3 nitrogen and oxygen atoms in total. The third kappa shape index (κ3) is 5.14.